The van der Waals surface area contributed by atoms with Gasteiger partial charge in [-0.05, 0) is 25.3 Å². The molecule has 0 radical (unpaired) electrons. The first-order chi connectivity index (χ1) is 19.8. The van der Waals surface area contributed by atoms with E-state index in [-0.39, 0.29) is 31.4 Å². The predicted octanol–water partition coefficient (Wildman–Crippen LogP) is 1.90. The number of nitrogens with zero attached hydrogens (tertiary/aromatic N) is 2. The molecule has 4 heterocycles. The Kier molecular flexibility index (Phi) is 8.60. The molecule has 2 saturated heterocycles. The smallest absolute Gasteiger partial charge is 0.313 e. The highest BCUT2D eigenvalue weighted by molar-refractivity contribution is 5.99. The minimum atomic E-state index is -1.41. The van der Waals surface area contributed by atoms with E-state index in [9.17, 15) is 24.3 Å². The Morgan fingerprint density at radius 3 is 2.63 bits per heavy atom. The van der Waals surface area contributed by atoms with E-state index in [0.717, 1.165) is 12.8 Å². The highest BCUT2D eigenvalue weighted by atomic mass is 16.6. The molecule has 3 amide bonds. The number of esters is 1. The lowest BCUT2D eigenvalue weighted by atomic mass is 9.78. The summed E-state index contributed by atoms with van der Waals surface area (Å²) in [5.41, 5.74) is -0.700. The van der Waals surface area contributed by atoms with E-state index < -0.39 is 53.6 Å². The number of rotatable bonds is 6. The molecule has 5 rings (SSSR count). The van der Waals surface area contributed by atoms with Crippen LogP contribution in [0.2, 0.25) is 0 Å². The number of nitrogens with one attached hydrogen (secondary N) is 1. The zero-order chi connectivity index (χ0) is 29.1. The Morgan fingerprint density at radius 1 is 1.12 bits per heavy atom. The summed E-state index contributed by atoms with van der Waals surface area (Å²) in [6.07, 6.45) is 7.87. The van der Waals surface area contributed by atoms with Gasteiger partial charge in [0.2, 0.25) is 17.7 Å². The van der Waals surface area contributed by atoms with E-state index in [1.165, 1.54) is 4.90 Å². The zero-order valence-electron chi connectivity index (χ0n) is 23.6. The van der Waals surface area contributed by atoms with E-state index in [4.69, 9.17) is 9.47 Å². The maximum Gasteiger partial charge on any atom is 0.313 e. The van der Waals surface area contributed by atoms with Crippen LogP contribution in [0.15, 0.2) is 54.6 Å². The number of aliphatic hydroxyl groups excluding tert-OH is 1. The molecule has 220 valence electrons. The molecule has 0 saturated carbocycles. The molecule has 2 fully saturated rings. The van der Waals surface area contributed by atoms with E-state index >= 15 is 0 Å². The van der Waals surface area contributed by atoms with Gasteiger partial charge in [0.05, 0.1) is 31.2 Å². The van der Waals surface area contributed by atoms with Gasteiger partial charge in [0.15, 0.2) is 0 Å². The molecule has 7 atom stereocenters. The number of cyclic esters (lactones) is 1. The molecule has 4 aliphatic heterocycles. The number of likely N-dealkylation sites (tertiary alicyclic amines) is 1. The Bertz CT molecular complexity index is 1220. The van der Waals surface area contributed by atoms with Gasteiger partial charge in [-0.1, -0.05) is 68.0 Å². The van der Waals surface area contributed by atoms with Gasteiger partial charge in [-0.2, -0.15) is 0 Å². The van der Waals surface area contributed by atoms with Crippen molar-refractivity contribution >= 4 is 23.7 Å². The van der Waals surface area contributed by atoms with Gasteiger partial charge in [0, 0.05) is 19.5 Å². The fourth-order valence-electron chi connectivity index (χ4n) is 6.51. The first-order valence-corrected chi connectivity index (χ1v) is 14.6. The lowest BCUT2D eigenvalue weighted by Crippen LogP contribution is -2.57. The monoisotopic (exact) mass is 565 g/mol. The van der Waals surface area contributed by atoms with Crippen LogP contribution in [0.25, 0.3) is 0 Å². The van der Waals surface area contributed by atoms with Crippen molar-refractivity contribution in [3.63, 3.8) is 0 Å². The van der Waals surface area contributed by atoms with Crippen LogP contribution in [0.3, 0.4) is 0 Å². The maximum atomic E-state index is 14.2. The number of benzene rings is 1. The van der Waals surface area contributed by atoms with Gasteiger partial charge < -0.3 is 29.7 Å². The number of aliphatic hydroxyl groups is 1. The predicted molar refractivity (Wildman–Crippen MR) is 149 cm³/mol. The largest absolute Gasteiger partial charge is 0.455 e. The number of carbonyl (C=O) groups is 4. The van der Waals surface area contributed by atoms with Crippen molar-refractivity contribution in [1.29, 1.82) is 0 Å². The van der Waals surface area contributed by atoms with Crippen molar-refractivity contribution in [2.75, 3.05) is 26.2 Å². The molecule has 0 unspecified atom stereocenters. The summed E-state index contributed by atoms with van der Waals surface area (Å²) in [5, 5.41) is 12.9. The average Bonchev–Trinajstić information content (AvgIpc) is 3.37. The molecule has 1 spiro atoms. The van der Waals surface area contributed by atoms with Crippen molar-refractivity contribution in [3.8, 4) is 0 Å². The number of carbonyl (C=O) groups excluding carboxylic acids is 4. The molecule has 4 aliphatic rings. The topological polar surface area (TPSA) is 125 Å². The van der Waals surface area contributed by atoms with Gasteiger partial charge >= 0.3 is 5.97 Å². The number of hydrogen-bond acceptors (Lipinski definition) is 7. The first kappa shape index (κ1) is 29.0. The molecule has 10 nitrogen and oxygen atoms in total. The highest BCUT2D eigenvalue weighted by Crippen LogP contribution is 2.53. The standard InChI is InChI=1S/C31H39N3O7/c1-3-4-16-33-17-10-15-31-26(28(37)34(20(2)19-35)27(31)29(33)38)25-22(41-31)13-8-9-14-24(36)32-18-23(40-30(25)39)21-11-6-5-7-12-21/h5-8,10-13,15,20,22-23,25-27,35H,3-4,9,14,16-19H2,1-2H3,(H,32,36)/b13-8-/t20-,22+,23-,25-,26-,27+,31-/m1/s1. The van der Waals surface area contributed by atoms with Crippen LogP contribution in [0, 0.1) is 11.8 Å². The van der Waals surface area contributed by atoms with Gasteiger partial charge in [0.1, 0.15) is 23.7 Å². The third-order valence-corrected chi connectivity index (χ3v) is 8.59. The Morgan fingerprint density at radius 2 is 1.90 bits per heavy atom. The lowest BCUT2D eigenvalue weighted by Gasteiger charge is -2.37. The van der Waals surface area contributed by atoms with Crippen molar-refractivity contribution < 1.29 is 33.8 Å². The molecular weight excluding hydrogens is 526 g/mol. The van der Waals surface area contributed by atoms with Crippen LogP contribution in [0.5, 0.6) is 0 Å². The maximum absolute atomic E-state index is 14.2. The second-order valence-electron chi connectivity index (χ2n) is 11.3. The number of fused-ring (bicyclic) bond motifs is 2. The molecule has 0 aliphatic carbocycles. The van der Waals surface area contributed by atoms with Gasteiger partial charge in [-0.15, -0.1) is 0 Å². The van der Waals surface area contributed by atoms with E-state index in [0.29, 0.717) is 25.1 Å². The quantitative estimate of drug-likeness (QED) is 0.399. The van der Waals surface area contributed by atoms with Gasteiger partial charge in [0.25, 0.3) is 0 Å². The minimum Gasteiger partial charge on any atom is -0.455 e. The first-order valence-electron chi connectivity index (χ1n) is 14.6. The highest BCUT2D eigenvalue weighted by Gasteiger charge is 2.72. The van der Waals surface area contributed by atoms with Gasteiger partial charge in [-0.3, -0.25) is 19.2 Å². The van der Waals surface area contributed by atoms with Crippen LogP contribution < -0.4 is 5.32 Å². The summed E-state index contributed by atoms with van der Waals surface area (Å²) in [5.74, 6) is -3.53. The molecule has 1 aromatic rings. The van der Waals surface area contributed by atoms with Crippen molar-refractivity contribution in [2.24, 2.45) is 11.8 Å². The lowest BCUT2D eigenvalue weighted by molar-refractivity contribution is -0.160. The number of hydrogen-bond donors (Lipinski definition) is 2. The number of ether oxygens (including phenoxy) is 2. The summed E-state index contributed by atoms with van der Waals surface area (Å²) < 4.78 is 12.7. The molecule has 0 aromatic heterocycles. The molecule has 1 aromatic carbocycles. The van der Waals surface area contributed by atoms with E-state index in [1.54, 1.807) is 30.1 Å². The van der Waals surface area contributed by atoms with Crippen LogP contribution in [-0.2, 0) is 28.7 Å². The van der Waals surface area contributed by atoms with E-state index in [2.05, 4.69) is 5.32 Å². The fourth-order valence-corrected chi connectivity index (χ4v) is 6.51. The summed E-state index contributed by atoms with van der Waals surface area (Å²) in [6.45, 7) is 4.37. The SMILES string of the molecule is CCCCN1CC=C[C@@]23O[C@H]4/C=C\CCC(=O)NC[C@H](c5ccccc5)OC(=O)[C@H]4[C@@H]2C(=O)N([C@H](C)CO)[C@H]3C1=O. The van der Waals surface area contributed by atoms with Crippen molar-refractivity contribution in [3.05, 3.63) is 60.2 Å². The third kappa shape index (κ3) is 5.30. The second kappa shape index (κ2) is 12.2. The Balaban J connectivity index is 1.58. The molecule has 10 heteroatoms. The van der Waals surface area contributed by atoms with Crippen LogP contribution in [0.1, 0.15) is 51.2 Å². The molecular formula is C31H39N3O7. The van der Waals surface area contributed by atoms with Crippen molar-refractivity contribution in [2.45, 2.75) is 69.4 Å². The molecule has 2 N–H and O–H groups in total. The van der Waals surface area contributed by atoms with Crippen LogP contribution in [0.4, 0.5) is 0 Å². The Hall–Kier alpha value is -3.50. The number of allylic oxidation sites excluding steroid dienone is 1. The number of amides is 3. The fraction of sp³-hybridized carbons (Fsp3) is 0.548. The van der Waals surface area contributed by atoms with E-state index in [1.807, 2.05) is 43.3 Å². The van der Waals surface area contributed by atoms with Gasteiger partial charge in [-0.25, -0.2) is 0 Å². The van der Waals surface area contributed by atoms with Crippen LogP contribution >= 0.6 is 0 Å². The zero-order valence-corrected chi connectivity index (χ0v) is 23.6. The summed E-state index contributed by atoms with van der Waals surface area (Å²) in [4.78, 5) is 58.0. The number of unbranched alkanes of at least 4 members (excludes halogenated alkanes) is 1. The summed E-state index contributed by atoms with van der Waals surface area (Å²) >= 11 is 0. The second-order valence-corrected chi connectivity index (χ2v) is 11.3. The normalized spacial score (nSPS) is 33.5. The molecule has 0 bridgehead atoms. The summed E-state index contributed by atoms with van der Waals surface area (Å²) in [7, 11) is 0. The Labute approximate surface area is 240 Å². The molecule has 41 heavy (non-hydrogen) atoms. The third-order valence-electron chi connectivity index (χ3n) is 8.59. The average molecular weight is 566 g/mol. The van der Waals surface area contributed by atoms with Crippen LogP contribution in [-0.4, -0.2) is 88.6 Å². The summed E-state index contributed by atoms with van der Waals surface area (Å²) in [6, 6.07) is 7.44. The van der Waals surface area contributed by atoms with Crippen molar-refractivity contribution in [1.82, 2.24) is 15.1 Å². The minimum absolute atomic E-state index is 0.0847.